The summed E-state index contributed by atoms with van der Waals surface area (Å²) >= 11 is 0. The highest BCUT2D eigenvalue weighted by Gasteiger charge is 1.62. The van der Waals surface area contributed by atoms with Crippen LogP contribution in [-0.4, -0.2) is 16.8 Å². The van der Waals surface area contributed by atoms with Crippen molar-refractivity contribution in [2.24, 2.45) is 0 Å². The highest BCUT2D eigenvalue weighted by Crippen LogP contribution is 1.80. The van der Waals surface area contributed by atoms with Crippen LogP contribution in [0.5, 0.6) is 0 Å². The van der Waals surface area contributed by atoms with Crippen LogP contribution in [0.2, 0.25) is 0 Å². The third-order valence-electron chi connectivity index (χ3n) is 0.883. The van der Waals surface area contributed by atoms with Gasteiger partial charge >= 0.3 is 0 Å². The second-order valence-electron chi connectivity index (χ2n) is 1.72. The molecule has 0 bridgehead atoms. The van der Waals surface area contributed by atoms with Gasteiger partial charge in [0.2, 0.25) is 0 Å². The summed E-state index contributed by atoms with van der Waals surface area (Å²) in [6.07, 6.45) is 12.9. The number of hydrogen-bond acceptors (Lipinski definition) is 2. The second-order valence-corrected chi connectivity index (χ2v) is 1.72. The summed E-state index contributed by atoms with van der Waals surface area (Å²) < 4.78 is 0. The molecule has 0 saturated carbocycles. The molecule has 0 heterocycles. The molecule has 0 aromatic carbocycles. The number of hydrogen-bond donors (Lipinski definition) is 2. The molecule has 60 valence electrons. The van der Waals surface area contributed by atoms with Crippen molar-refractivity contribution in [3.63, 3.8) is 0 Å². The third-order valence-corrected chi connectivity index (χ3v) is 0.883. The van der Waals surface area contributed by atoms with Gasteiger partial charge in [0, 0.05) is 0 Å². The number of aliphatic hydroxyl groups excluding tert-OH is 2. The molecule has 0 aromatic heterocycles. The molecule has 0 aliphatic carbocycles. The molecular weight excluding hydrogens is 140 g/mol. The molecule has 0 atom stereocenters. The molecule has 0 aliphatic heterocycles. The minimum absolute atomic E-state index is 0.0601. The Hall–Kier alpha value is -1.28. The minimum Gasteiger partial charge on any atom is -0.516 e. The van der Waals surface area contributed by atoms with Gasteiger partial charge in [0.1, 0.15) is 0 Å². The summed E-state index contributed by atoms with van der Waals surface area (Å²) in [6.45, 7) is 0.0601. The molecule has 0 rings (SSSR count). The first kappa shape index (κ1) is 9.72. The Bertz CT molecular complexity index is 176. The largest absolute Gasteiger partial charge is 0.516 e. The summed E-state index contributed by atoms with van der Waals surface area (Å²) in [5.41, 5.74) is 0. The van der Waals surface area contributed by atoms with Crippen LogP contribution in [0.15, 0.2) is 48.8 Å². The molecule has 0 unspecified atom stereocenters. The van der Waals surface area contributed by atoms with Gasteiger partial charge in [0.15, 0.2) is 0 Å². The van der Waals surface area contributed by atoms with E-state index in [1.807, 2.05) is 0 Å². The van der Waals surface area contributed by atoms with E-state index in [1.165, 1.54) is 6.08 Å². The standard InChI is InChI=1S/C9H12O2/c10-8-6-4-2-1-3-5-7-9-11/h1-8,10-11H,9H2/b3-1+,4-2+,7-5+,8-6+. The van der Waals surface area contributed by atoms with Crippen molar-refractivity contribution in [3.05, 3.63) is 48.8 Å². The average molecular weight is 152 g/mol. The first-order chi connectivity index (χ1) is 5.41. The van der Waals surface area contributed by atoms with Crippen LogP contribution in [0.4, 0.5) is 0 Å². The fourth-order valence-corrected chi connectivity index (χ4v) is 0.446. The summed E-state index contributed by atoms with van der Waals surface area (Å²) in [6, 6.07) is 0. The topological polar surface area (TPSA) is 40.5 Å². The van der Waals surface area contributed by atoms with Crippen LogP contribution < -0.4 is 0 Å². The minimum atomic E-state index is 0.0601. The predicted molar refractivity (Wildman–Crippen MR) is 46.3 cm³/mol. The Balaban J connectivity index is 3.51. The fourth-order valence-electron chi connectivity index (χ4n) is 0.446. The smallest absolute Gasteiger partial charge is 0.0791 e. The van der Waals surface area contributed by atoms with E-state index in [4.69, 9.17) is 10.2 Å². The molecule has 0 spiro atoms. The van der Waals surface area contributed by atoms with E-state index in [9.17, 15) is 0 Å². The summed E-state index contributed by atoms with van der Waals surface area (Å²) in [5, 5.41) is 16.5. The molecule has 0 radical (unpaired) electrons. The van der Waals surface area contributed by atoms with Gasteiger partial charge in [-0.15, -0.1) is 0 Å². The molecule has 0 aromatic rings. The quantitative estimate of drug-likeness (QED) is 0.475. The maximum absolute atomic E-state index is 8.32. The lowest BCUT2D eigenvalue weighted by Gasteiger charge is -1.74. The van der Waals surface area contributed by atoms with E-state index in [-0.39, 0.29) is 6.61 Å². The van der Waals surface area contributed by atoms with Gasteiger partial charge in [-0.1, -0.05) is 36.5 Å². The van der Waals surface area contributed by atoms with Crippen LogP contribution in [0.1, 0.15) is 0 Å². The zero-order chi connectivity index (χ0) is 8.36. The maximum Gasteiger partial charge on any atom is 0.0791 e. The highest BCUT2D eigenvalue weighted by atomic mass is 16.2. The Kier molecular flexibility index (Phi) is 7.71. The Morgan fingerprint density at radius 1 is 0.818 bits per heavy atom. The Morgan fingerprint density at radius 3 is 1.91 bits per heavy atom. The van der Waals surface area contributed by atoms with Gasteiger partial charge in [-0.05, 0) is 6.08 Å². The van der Waals surface area contributed by atoms with Crippen LogP contribution in [-0.2, 0) is 0 Å². The van der Waals surface area contributed by atoms with Crippen LogP contribution in [0.3, 0.4) is 0 Å². The van der Waals surface area contributed by atoms with Gasteiger partial charge in [0.05, 0.1) is 12.9 Å². The van der Waals surface area contributed by atoms with Gasteiger partial charge in [-0.2, -0.15) is 0 Å². The Labute approximate surface area is 66.5 Å². The lowest BCUT2D eigenvalue weighted by atomic mass is 10.4. The van der Waals surface area contributed by atoms with Crippen LogP contribution in [0, 0.1) is 0 Å². The number of rotatable bonds is 4. The monoisotopic (exact) mass is 152 g/mol. The van der Waals surface area contributed by atoms with E-state index in [2.05, 4.69) is 0 Å². The Morgan fingerprint density at radius 2 is 1.36 bits per heavy atom. The summed E-state index contributed by atoms with van der Waals surface area (Å²) in [5.74, 6) is 0. The van der Waals surface area contributed by atoms with Gasteiger partial charge < -0.3 is 10.2 Å². The highest BCUT2D eigenvalue weighted by molar-refractivity contribution is 5.14. The van der Waals surface area contributed by atoms with Crippen molar-refractivity contribution in [2.45, 2.75) is 0 Å². The average Bonchev–Trinajstić information content (AvgIpc) is 2.03. The fraction of sp³-hybridized carbons (Fsp3) is 0.111. The number of aliphatic hydroxyl groups is 2. The summed E-state index contributed by atoms with van der Waals surface area (Å²) in [4.78, 5) is 0. The molecule has 11 heavy (non-hydrogen) atoms. The second kappa shape index (κ2) is 8.72. The van der Waals surface area contributed by atoms with E-state index < -0.39 is 0 Å². The first-order valence-electron chi connectivity index (χ1n) is 3.32. The molecule has 0 fully saturated rings. The van der Waals surface area contributed by atoms with Crippen molar-refractivity contribution < 1.29 is 10.2 Å². The van der Waals surface area contributed by atoms with Crippen molar-refractivity contribution in [1.82, 2.24) is 0 Å². The zero-order valence-electron chi connectivity index (χ0n) is 6.22. The van der Waals surface area contributed by atoms with E-state index >= 15 is 0 Å². The molecular formula is C9H12O2. The molecule has 2 N–H and O–H groups in total. The van der Waals surface area contributed by atoms with Crippen LogP contribution in [0.25, 0.3) is 0 Å². The van der Waals surface area contributed by atoms with Crippen molar-refractivity contribution in [2.75, 3.05) is 6.61 Å². The van der Waals surface area contributed by atoms with E-state index in [0.717, 1.165) is 6.26 Å². The van der Waals surface area contributed by atoms with E-state index in [0.29, 0.717) is 0 Å². The molecule has 0 amide bonds. The van der Waals surface area contributed by atoms with Crippen molar-refractivity contribution in [1.29, 1.82) is 0 Å². The lowest BCUT2D eigenvalue weighted by Crippen LogP contribution is -1.66. The van der Waals surface area contributed by atoms with Gasteiger partial charge in [-0.3, -0.25) is 0 Å². The normalized spacial score (nSPS) is 13.2. The molecule has 2 heteroatoms. The van der Waals surface area contributed by atoms with Gasteiger partial charge in [0.25, 0.3) is 0 Å². The van der Waals surface area contributed by atoms with Crippen molar-refractivity contribution in [3.8, 4) is 0 Å². The van der Waals surface area contributed by atoms with Crippen LogP contribution >= 0.6 is 0 Å². The maximum atomic E-state index is 8.32. The van der Waals surface area contributed by atoms with Gasteiger partial charge in [-0.25, -0.2) is 0 Å². The lowest BCUT2D eigenvalue weighted by molar-refractivity contribution is 0.343. The van der Waals surface area contributed by atoms with Crippen molar-refractivity contribution >= 4 is 0 Å². The number of allylic oxidation sites excluding steroid dienone is 6. The summed E-state index contributed by atoms with van der Waals surface area (Å²) in [7, 11) is 0. The SMILES string of the molecule is O/C=C/C=C/C=C/C=C/CO. The molecule has 0 saturated heterocycles. The molecule has 2 nitrogen and oxygen atoms in total. The molecule has 0 aliphatic rings. The zero-order valence-corrected chi connectivity index (χ0v) is 6.22. The predicted octanol–water partition coefficient (Wildman–Crippen LogP) is 1.72. The van der Waals surface area contributed by atoms with E-state index in [1.54, 1.807) is 36.5 Å². The third kappa shape index (κ3) is 8.72. The first-order valence-corrected chi connectivity index (χ1v) is 3.32.